The summed E-state index contributed by atoms with van der Waals surface area (Å²) in [7, 11) is 0. The van der Waals surface area contributed by atoms with E-state index < -0.39 is 30.5 Å². The number of alkyl halides is 3. The number of halogens is 4. The lowest BCUT2D eigenvalue weighted by Gasteiger charge is -2.12. The van der Waals surface area contributed by atoms with Gasteiger partial charge >= 0.3 is 12.2 Å². The third-order valence-electron chi connectivity index (χ3n) is 4.22. The summed E-state index contributed by atoms with van der Waals surface area (Å²) in [5, 5.41) is 7.70. The van der Waals surface area contributed by atoms with Gasteiger partial charge in [-0.1, -0.05) is 24.3 Å². The molecule has 33 heavy (non-hydrogen) atoms. The monoisotopic (exact) mass is 461 g/mol. The molecule has 3 aromatic rings. The molecule has 6 nitrogen and oxygen atoms in total. The zero-order valence-corrected chi connectivity index (χ0v) is 17.1. The first kappa shape index (κ1) is 23.6. The fourth-order valence-electron chi connectivity index (χ4n) is 2.78. The van der Waals surface area contributed by atoms with Gasteiger partial charge in [0.2, 0.25) is 0 Å². The lowest BCUT2D eigenvalue weighted by atomic mass is 10.2. The summed E-state index contributed by atoms with van der Waals surface area (Å²) < 4.78 is 54.8. The van der Waals surface area contributed by atoms with Gasteiger partial charge in [-0.15, -0.1) is 0 Å². The van der Waals surface area contributed by atoms with E-state index in [2.05, 4.69) is 20.7 Å². The number of nitrogens with one attached hydrogen (secondary N) is 3. The minimum absolute atomic E-state index is 0.0315. The maximum absolute atomic E-state index is 13.3. The minimum atomic E-state index is -4.45. The van der Waals surface area contributed by atoms with Crippen molar-refractivity contribution in [3.05, 3.63) is 89.7 Å². The molecule has 10 heteroatoms. The number of amides is 3. The van der Waals surface area contributed by atoms with Crippen LogP contribution in [0.5, 0.6) is 5.75 Å². The molecule has 0 aliphatic rings. The van der Waals surface area contributed by atoms with Crippen molar-refractivity contribution in [3.63, 3.8) is 0 Å². The fourth-order valence-corrected chi connectivity index (χ4v) is 2.78. The molecule has 0 saturated carbocycles. The van der Waals surface area contributed by atoms with Crippen molar-refractivity contribution < 1.29 is 31.9 Å². The highest BCUT2D eigenvalue weighted by Crippen LogP contribution is 2.19. The molecule has 3 amide bonds. The van der Waals surface area contributed by atoms with E-state index in [1.807, 2.05) is 0 Å². The molecule has 172 valence electrons. The second-order valence-corrected chi connectivity index (χ2v) is 6.90. The summed E-state index contributed by atoms with van der Waals surface area (Å²) in [4.78, 5) is 24.6. The SMILES string of the molecule is O=C(NCc1cccc(OCC(F)(F)F)c1)Nc1cccc(C(=O)Nc2cccc(F)c2)c1. The molecule has 0 aliphatic heterocycles. The van der Waals surface area contributed by atoms with E-state index in [-0.39, 0.29) is 23.5 Å². The van der Waals surface area contributed by atoms with Gasteiger partial charge in [0.05, 0.1) is 0 Å². The molecule has 0 unspecified atom stereocenters. The van der Waals surface area contributed by atoms with E-state index in [0.717, 1.165) is 0 Å². The normalized spacial score (nSPS) is 10.9. The summed E-state index contributed by atoms with van der Waals surface area (Å²) in [6, 6.07) is 16.9. The highest BCUT2D eigenvalue weighted by molar-refractivity contribution is 6.05. The molecule has 0 spiro atoms. The van der Waals surface area contributed by atoms with E-state index in [1.165, 1.54) is 48.5 Å². The Morgan fingerprint density at radius 3 is 2.27 bits per heavy atom. The van der Waals surface area contributed by atoms with Crippen molar-refractivity contribution in [3.8, 4) is 5.75 Å². The Bertz CT molecular complexity index is 1140. The lowest BCUT2D eigenvalue weighted by molar-refractivity contribution is -0.153. The van der Waals surface area contributed by atoms with Gasteiger partial charge in [-0.05, 0) is 54.1 Å². The number of urea groups is 1. The van der Waals surface area contributed by atoms with Crippen LogP contribution in [0, 0.1) is 5.82 Å². The van der Waals surface area contributed by atoms with Crippen molar-refractivity contribution >= 4 is 23.3 Å². The Hall–Kier alpha value is -4.08. The van der Waals surface area contributed by atoms with Crippen LogP contribution in [0.2, 0.25) is 0 Å². The second kappa shape index (κ2) is 10.5. The van der Waals surface area contributed by atoms with Crippen LogP contribution in [0.4, 0.5) is 33.7 Å². The molecule has 0 fully saturated rings. The number of rotatable bonds is 7. The van der Waals surface area contributed by atoms with Gasteiger partial charge in [0, 0.05) is 23.5 Å². The van der Waals surface area contributed by atoms with Crippen LogP contribution in [0.3, 0.4) is 0 Å². The van der Waals surface area contributed by atoms with Gasteiger partial charge in [-0.2, -0.15) is 13.2 Å². The third kappa shape index (κ3) is 7.84. The number of benzene rings is 3. The van der Waals surface area contributed by atoms with E-state index >= 15 is 0 Å². The minimum Gasteiger partial charge on any atom is -0.484 e. The molecular weight excluding hydrogens is 442 g/mol. The van der Waals surface area contributed by atoms with Gasteiger partial charge in [0.15, 0.2) is 6.61 Å². The predicted octanol–water partition coefficient (Wildman–Crippen LogP) is 5.34. The van der Waals surface area contributed by atoms with Gasteiger partial charge in [-0.25, -0.2) is 9.18 Å². The molecule has 0 aliphatic carbocycles. The second-order valence-electron chi connectivity index (χ2n) is 6.90. The molecule has 3 aromatic carbocycles. The van der Waals surface area contributed by atoms with Crippen LogP contribution in [0.1, 0.15) is 15.9 Å². The van der Waals surface area contributed by atoms with Crippen molar-refractivity contribution in [2.24, 2.45) is 0 Å². The third-order valence-corrected chi connectivity index (χ3v) is 4.22. The highest BCUT2D eigenvalue weighted by atomic mass is 19.4. The fraction of sp³-hybridized carbons (Fsp3) is 0.130. The standard InChI is InChI=1S/C23H19F4N3O3/c24-17-6-3-8-19(12-17)29-21(31)16-5-2-7-18(11-16)30-22(32)28-13-15-4-1-9-20(10-15)33-14-23(25,26)27/h1-12H,13-14H2,(H,29,31)(H2,28,30,32). The maximum atomic E-state index is 13.3. The first-order chi connectivity index (χ1) is 15.7. The van der Waals surface area contributed by atoms with Crippen LogP contribution in [-0.2, 0) is 6.54 Å². The average molecular weight is 461 g/mol. The highest BCUT2D eigenvalue weighted by Gasteiger charge is 2.28. The topological polar surface area (TPSA) is 79.5 Å². The summed E-state index contributed by atoms with van der Waals surface area (Å²) in [5.41, 5.74) is 1.40. The molecule has 0 heterocycles. The average Bonchev–Trinajstić information content (AvgIpc) is 2.76. The lowest BCUT2D eigenvalue weighted by Crippen LogP contribution is -2.28. The predicted molar refractivity (Wildman–Crippen MR) is 115 cm³/mol. The van der Waals surface area contributed by atoms with Gasteiger partial charge in [-0.3, -0.25) is 4.79 Å². The molecule has 0 radical (unpaired) electrons. The Kier molecular flexibility index (Phi) is 7.50. The van der Waals surface area contributed by atoms with Crippen molar-refractivity contribution in [2.75, 3.05) is 17.2 Å². The number of hydrogen-bond acceptors (Lipinski definition) is 3. The van der Waals surface area contributed by atoms with E-state index in [9.17, 15) is 27.2 Å². The van der Waals surface area contributed by atoms with E-state index in [1.54, 1.807) is 24.3 Å². The summed E-state index contributed by atoms with van der Waals surface area (Å²) in [6.07, 6.45) is -4.45. The van der Waals surface area contributed by atoms with Crippen molar-refractivity contribution in [2.45, 2.75) is 12.7 Å². The Balaban J connectivity index is 1.54. The largest absolute Gasteiger partial charge is 0.484 e. The van der Waals surface area contributed by atoms with Crippen LogP contribution in [0.15, 0.2) is 72.8 Å². The summed E-state index contributed by atoms with van der Waals surface area (Å²) in [6.45, 7) is -1.37. The van der Waals surface area contributed by atoms with Gasteiger partial charge < -0.3 is 20.7 Å². The summed E-state index contributed by atoms with van der Waals surface area (Å²) in [5.74, 6) is -0.943. The zero-order chi connectivity index (χ0) is 23.8. The number of carbonyl (C=O) groups excluding carboxylic acids is 2. The molecule has 3 N–H and O–H groups in total. The zero-order valence-electron chi connectivity index (χ0n) is 17.1. The smallest absolute Gasteiger partial charge is 0.422 e. The first-order valence-electron chi connectivity index (χ1n) is 9.68. The number of anilines is 2. The van der Waals surface area contributed by atoms with Crippen LogP contribution < -0.4 is 20.7 Å². The first-order valence-corrected chi connectivity index (χ1v) is 9.68. The maximum Gasteiger partial charge on any atom is 0.422 e. The molecule has 0 bridgehead atoms. The molecule has 0 saturated heterocycles. The van der Waals surface area contributed by atoms with Crippen LogP contribution >= 0.6 is 0 Å². The molecule has 0 atom stereocenters. The molecular formula is C23H19F4N3O3. The number of carbonyl (C=O) groups is 2. The van der Waals surface area contributed by atoms with E-state index in [0.29, 0.717) is 11.3 Å². The van der Waals surface area contributed by atoms with Crippen molar-refractivity contribution in [1.29, 1.82) is 0 Å². The quantitative estimate of drug-likeness (QED) is 0.416. The van der Waals surface area contributed by atoms with Crippen LogP contribution in [0.25, 0.3) is 0 Å². The van der Waals surface area contributed by atoms with Gasteiger partial charge in [0.1, 0.15) is 11.6 Å². The Morgan fingerprint density at radius 2 is 1.55 bits per heavy atom. The van der Waals surface area contributed by atoms with Crippen LogP contribution in [-0.4, -0.2) is 24.7 Å². The number of hydrogen-bond donors (Lipinski definition) is 3. The van der Waals surface area contributed by atoms with E-state index in [4.69, 9.17) is 0 Å². The Morgan fingerprint density at radius 1 is 0.848 bits per heavy atom. The van der Waals surface area contributed by atoms with Crippen molar-refractivity contribution in [1.82, 2.24) is 5.32 Å². The molecule has 0 aromatic heterocycles. The number of ether oxygens (including phenoxy) is 1. The van der Waals surface area contributed by atoms with Gasteiger partial charge in [0.25, 0.3) is 5.91 Å². The molecule has 3 rings (SSSR count). The Labute approximate surface area is 186 Å². The summed E-state index contributed by atoms with van der Waals surface area (Å²) >= 11 is 0.